The molecular formula is C17H19BrN2O. The Hall–Kier alpha value is -1.81. The average molecular weight is 347 g/mol. The lowest BCUT2D eigenvalue weighted by Gasteiger charge is -2.15. The first kappa shape index (κ1) is 15.6. The van der Waals surface area contributed by atoms with Crippen molar-refractivity contribution < 1.29 is 4.79 Å². The van der Waals surface area contributed by atoms with Gasteiger partial charge in [-0.1, -0.05) is 41.1 Å². The summed E-state index contributed by atoms with van der Waals surface area (Å²) in [6.45, 7) is 5.93. The van der Waals surface area contributed by atoms with E-state index >= 15 is 0 Å². The van der Waals surface area contributed by atoms with Gasteiger partial charge in [0, 0.05) is 21.4 Å². The summed E-state index contributed by atoms with van der Waals surface area (Å²) in [5.41, 5.74) is 11.0. The molecule has 3 N–H and O–H groups in total. The van der Waals surface area contributed by atoms with Gasteiger partial charge in [-0.25, -0.2) is 0 Å². The molecule has 0 saturated heterocycles. The summed E-state index contributed by atoms with van der Waals surface area (Å²) < 4.78 is 0.802. The molecule has 0 atom stereocenters. The zero-order valence-corrected chi connectivity index (χ0v) is 14.0. The number of carbonyl (C=O) groups is 1. The van der Waals surface area contributed by atoms with Crippen LogP contribution in [0.3, 0.4) is 0 Å². The minimum atomic E-state index is -0.135. The lowest BCUT2D eigenvalue weighted by atomic mass is 10.0. The molecule has 4 heteroatoms. The molecule has 2 aromatic carbocycles. The molecule has 0 fully saturated rings. The van der Waals surface area contributed by atoms with E-state index in [0.717, 1.165) is 33.3 Å². The summed E-state index contributed by atoms with van der Waals surface area (Å²) in [4.78, 5) is 12.6. The number of amides is 1. The molecule has 0 radical (unpaired) electrons. The smallest absolute Gasteiger partial charge is 0.256 e. The Labute approximate surface area is 133 Å². The Kier molecular flexibility index (Phi) is 4.68. The van der Waals surface area contributed by atoms with Crippen LogP contribution in [0.4, 0.5) is 11.4 Å². The van der Waals surface area contributed by atoms with Gasteiger partial charge in [-0.15, -0.1) is 0 Å². The summed E-state index contributed by atoms with van der Waals surface area (Å²) in [7, 11) is 0. The van der Waals surface area contributed by atoms with Crippen LogP contribution in [0.1, 0.15) is 34.0 Å². The van der Waals surface area contributed by atoms with Crippen LogP contribution in [0.15, 0.2) is 34.8 Å². The molecule has 0 aliphatic heterocycles. The van der Waals surface area contributed by atoms with Crippen LogP contribution >= 0.6 is 15.9 Å². The van der Waals surface area contributed by atoms with Gasteiger partial charge in [0.15, 0.2) is 0 Å². The van der Waals surface area contributed by atoms with Crippen molar-refractivity contribution in [2.24, 2.45) is 0 Å². The summed E-state index contributed by atoms with van der Waals surface area (Å²) in [6, 6.07) is 9.64. The molecule has 0 unspecified atom stereocenters. The zero-order chi connectivity index (χ0) is 15.6. The molecule has 0 heterocycles. The van der Waals surface area contributed by atoms with Crippen molar-refractivity contribution in [1.82, 2.24) is 0 Å². The second-order valence-electron chi connectivity index (χ2n) is 5.08. The predicted molar refractivity (Wildman–Crippen MR) is 91.8 cm³/mol. The maximum absolute atomic E-state index is 12.6. The normalized spacial score (nSPS) is 10.5. The minimum Gasteiger partial charge on any atom is -0.398 e. The Bertz CT molecular complexity index is 695. The second-order valence-corrected chi connectivity index (χ2v) is 6.00. The standard InChI is InChI=1S/C17H19BrN2O/c1-4-12-7-5-6-10(2)16(12)20-17(21)14-8-13(18)9-15(19)11(14)3/h5-9H,4,19H2,1-3H3,(H,20,21). The van der Waals surface area contributed by atoms with E-state index in [1.54, 1.807) is 12.1 Å². The number of hydrogen-bond donors (Lipinski definition) is 2. The summed E-state index contributed by atoms with van der Waals surface area (Å²) in [5.74, 6) is -0.135. The highest BCUT2D eigenvalue weighted by atomic mass is 79.9. The van der Waals surface area contributed by atoms with Crippen molar-refractivity contribution in [1.29, 1.82) is 0 Å². The average Bonchev–Trinajstić information content (AvgIpc) is 2.44. The van der Waals surface area contributed by atoms with Crippen LogP contribution < -0.4 is 11.1 Å². The maximum Gasteiger partial charge on any atom is 0.256 e. The Morgan fingerprint density at radius 1 is 1.29 bits per heavy atom. The molecule has 21 heavy (non-hydrogen) atoms. The van der Waals surface area contributed by atoms with Gasteiger partial charge in [-0.05, 0) is 49.1 Å². The molecule has 0 aliphatic rings. The van der Waals surface area contributed by atoms with E-state index in [9.17, 15) is 4.79 Å². The van der Waals surface area contributed by atoms with Crippen LogP contribution in [0, 0.1) is 13.8 Å². The number of nitrogens with two attached hydrogens (primary N) is 1. The van der Waals surface area contributed by atoms with Crippen LogP contribution in [-0.2, 0) is 6.42 Å². The SMILES string of the molecule is CCc1cccc(C)c1NC(=O)c1cc(Br)cc(N)c1C. The first-order valence-electron chi connectivity index (χ1n) is 6.89. The highest BCUT2D eigenvalue weighted by Crippen LogP contribution is 2.26. The lowest BCUT2D eigenvalue weighted by molar-refractivity contribution is 0.102. The number of para-hydroxylation sites is 1. The second kappa shape index (κ2) is 6.31. The van der Waals surface area contributed by atoms with Gasteiger partial charge in [0.1, 0.15) is 0 Å². The molecule has 0 spiro atoms. The molecular weight excluding hydrogens is 328 g/mol. The number of aryl methyl sites for hydroxylation is 2. The largest absolute Gasteiger partial charge is 0.398 e. The van der Waals surface area contributed by atoms with E-state index in [4.69, 9.17) is 5.73 Å². The van der Waals surface area contributed by atoms with E-state index < -0.39 is 0 Å². The zero-order valence-electron chi connectivity index (χ0n) is 12.5. The van der Waals surface area contributed by atoms with Gasteiger partial charge in [-0.2, -0.15) is 0 Å². The number of hydrogen-bond acceptors (Lipinski definition) is 2. The van der Waals surface area contributed by atoms with Crippen LogP contribution in [0.2, 0.25) is 0 Å². The summed E-state index contributed by atoms with van der Waals surface area (Å²) >= 11 is 3.38. The van der Waals surface area contributed by atoms with Crippen molar-refractivity contribution in [3.8, 4) is 0 Å². The molecule has 110 valence electrons. The summed E-state index contributed by atoms with van der Waals surface area (Å²) in [5, 5.41) is 3.03. The highest BCUT2D eigenvalue weighted by molar-refractivity contribution is 9.10. The third-order valence-electron chi connectivity index (χ3n) is 3.64. The van der Waals surface area contributed by atoms with Crippen LogP contribution in [-0.4, -0.2) is 5.91 Å². The third-order valence-corrected chi connectivity index (χ3v) is 4.09. The molecule has 0 aliphatic carbocycles. The van der Waals surface area contributed by atoms with E-state index in [1.807, 2.05) is 32.0 Å². The van der Waals surface area contributed by atoms with Crippen LogP contribution in [0.25, 0.3) is 0 Å². The fourth-order valence-electron chi connectivity index (χ4n) is 2.32. The van der Waals surface area contributed by atoms with Crippen molar-refractivity contribution in [2.45, 2.75) is 27.2 Å². The third kappa shape index (κ3) is 3.27. The van der Waals surface area contributed by atoms with Gasteiger partial charge in [0.2, 0.25) is 0 Å². The topological polar surface area (TPSA) is 55.1 Å². The Morgan fingerprint density at radius 3 is 2.67 bits per heavy atom. The number of rotatable bonds is 3. The molecule has 1 amide bonds. The van der Waals surface area contributed by atoms with E-state index in [-0.39, 0.29) is 5.91 Å². The predicted octanol–water partition coefficient (Wildman–Crippen LogP) is 4.46. The van der Waals surface area contributed by atoms with Crippen molar-refractivity contribution in [2.75, 3.05) is 11.1 Å². The number of halogens is 1. The molecule has 0 saturated carbocycles. The fraction of sp³-hybridized carbons (Fsp3) is 0.235. The van der Waals surface area contributed by atoms with Crippen molar-refractivity contribution in [3.05, 3.63) is 57.1 Å². The van der Waals surface area contributed by atoms with Gasteiger partial charge in [0.05, 0.1) is 0 Å². The van der Waals surface area contributed by atoms with E-state index in [2.05, 4.69) is 28.2 Å². The van der Waals surface area contributed by atoms with E-state index in [0.29, 0.717) is 11.3 Å². The minimum absolute atomic E-state index is 0.135. The molecule has 3 nitrogen and oxygen atoms in total. The number of benzene rings is 2. The quantitative estimate of drug-likeness (QED) is 0.806. The lowest BCUT2D eigenvalue weighted by Crippen LogP contribution is -2.16. The fourth-order valence-corrected chi connectivity index (χ4v) is 2.79. The molecule has 0 bridgehead atoms. The number of nitrogen functional groups attached to an aromatic ring is 1. The van der Waals surface area contributed by atoms with Crippen molar-refractivity contribution in [3.63, 3.8) is 0 Å². The van der Waals surface area contributed by atoms with Gasteiger partial charge in [0.25, 0.3) is 5.91 Å². The number of nitrogens with one attached hydrogen (secondary N) is 1. The van der Waals surface area contributed by atoms with Crippen molar-refractivity contribution >= 4 is 33.2 Å². The monoisotopic (exact) mass is 346 g/mol. The number of carbonyl (C=O) groups excluding carboxylic acids is 1. The first-order valence-corrected chi connectivity index (χ1v) is 7.68. The summed E-state index contributed by atoms with van der Waals surface area (Å²) in [6.07, 6.45) is 0.872. The van der Waals surface area contributed by atoms with Gasteiger partial charge < -0.3 is 11.1 Å². The molecule has 0 aromatic heterocycles. The first-order chi connectivity index (χ1) is 9.93. The van der Waals surface area contributed by atoms with Gasteiger partial charge >= 0.3 is 0 Å². The highest BCUT2D eigenvalue weighted by Gasteiger charge is 2.14. The van der Waals surface area contributed by atoms with Gasteiger partial charge in [-0.3, -0.25) is 4.79 Å². The van der Waals surface area contributed by atoms with E-state index in [1.165, 1.54) is 0 Å². The van der Waals surface area contributed by atoms with Crippen LogP contribution in [0.5, 0.6) is 0 Å². The number of anilines is 2. The molecule has 2 rings (SSSR count). The Morgan fingerprint density at radius 2 is 2.00 bits per heavy atom. The molecule has 2 aromatic rings. The Balaban J connectivity index is 2.40. The maximum atomic E-state index is 12.6.